The van der Waals surface area contributed by atoms with E-state index in [0.29, 0.717) is 6.04 Å². The van der Waals surface area contributed by atoms with Gasteiger partial charge in [0.2, 0.25) is 0 Å². The molecule has 2 rings (SSSR count). The molecule has 102 valence electrons. The van der Waals surface area contributed by atoms with E-state index < -0.39 is 0 Å². The van der Waals surface area contributed by atoms with E-state index in [1.54, 1.807) is 6.26 Å². The largest absolute Gasteiger partial charge is 0.469 e. The molecule has 0 bridgehead atoms. The van der Waals surface area contributed by atoms with E-state index in [0.717, 1.165) is 34.1 Å². The first kappa shape index (κ1) is 14.8. The van der Waals surface area contributed by atoms with Crippen LogP contribution in [0.4, 0.5) is 0 Å². The Morgan fingerprint density at radius 2 is 2.05 bits per heavy atom. The van der Waals surface area contributed by atoms with E-state index in [4.69, 9.17) is 4.42 Å². The number of rotatable bonds is 6. The predicted molar refractivity (Wildman–Crippen MR) is 85.2 cm³/mol. The summed E-state index contributed by atoms with van der Waals surface area (Å²) in [6, 6.07) is 10.8. The van der Waals surface area contributed by atoms with E-state index in [1.807, 2.05) is 12.1 Å². The van der Waals surface area contributed by atoms with Crippen LogP contribution < -0.4 is 5.32 Å². The van der Waals surface area contributed by atoms with Gasteiger partial charge in [-0.15, -0.1) is 0 Å². The third kappa shape index (κ3) is 4.79. The molecular formula is C15H17Br2NO. The second-order valence-electron chi connectivity index (χ2n) is 4.65. The molecule has 1 unspecified atom stereocenters. The second kappa shape index (κ2) is 7.27. The van der Waals surface area contributed by atoms with Crippen LogP contribution in [0.3, 0.4) is 0 Å². The van der Waals surface area contributed by atoms with Crippen LogP contribution in [0.2, 0.25) is 0 Å². The normalized spacial score (nSPS) is 12.6. The molecule has 0 fully saturated rings. The summed E-state index contributed by atoms with van der Waals surface area (Å²) < 4.78 is 7.51. The fraction of sp³-hybridized carbons (Fsp3) is 0.333. The van der Waals surface area contributed by atoms with E-state index in [1.165, 1.54) is 5.56 Å². The van der Waals surface area contributed by atoms with Crippen LogP contribution in [-0.2, 0) is 13.0 Å². The molecule has 1 aromatic carbocycles. The van der Waals surface area contributed by atoms with Gasteiger partial charge < -0.3 is 9.73 Å². The molecule has 0 saturated heterocycles. The van der Waals surface area contributed by atoms with Gasteiger partial charge in [-0.05, 0) is 75.0 Å². The smallest absolute Gasteiger partial charge is 0.103 e. The molecule has 0 aliphatic rings. The van der Waals surface area contributed by atoms with Gasteiger partial charge in [0.25, 0.3) is 0 Å². The van der Waals surface area contributed by atoms with Crippen molar-refractivity contribution < 1.29 is 4.42 Å². The highest BCUT2D eigenvalue weighted by molar-refractivity contribution is 9.13. The van der Waals surface area contributed by atoms with Crippen molar-refractivity contribution in [2.75, 3.05) is 0 Å². The summed E-state index contributed by atoms with van der Waals surface area (Å²) in [5, 5.41) is 3.53. The van der Waals surface area contributed by atoms with E-state index >= 15 is 0 Å². The fourth-order valence-corrected chi connectivity index (χ4v) is 2.53. The first-order valence-electron chi connectivity index (χ1n) is 6.35. The number of nitrogens with one attached hydrogen (secondary N) is 1. The lowest BCUT2D eigenvalue weighted by atomic mass is 10.1. The quantitative estimate of drug-likeness (QED) is 0.762. The Morgan fingerprint density at radius 1 is 1.21 bits per heavy atom. The van der Waals surface area contributed by atoms with Gasteiger partial charge in [-0.2, -0.15) is 0 Å². The Hall–Kier alpha value is -0.580. The molecule has 0 spiro atoms. The zero-order valence-electron chi connectivity index (χ0n) is 10.8. The minimum absolute atomic E-state index is 0.465. The number of hydrogen-bond acceptors (Lipinski definition) is 2. The fourth-order valence-electron chi connectivity index (χ4n) is 1.86. The number of furan rings is 1. The minimum Gasteiger partial charge on any atom is -0.469 e. The van der Waals surface area contributed by atoms with E-state index in [-0.39, 0.29) is 0 Å². The predicted octanol–water partition coefficient (Wildman–Crippen LogP) is 4.92. The molecule has 0 saturated carbocycles. The number of aryl methyl sites for hydroxylation is 1. The third-order valence-corrected chi connectivity index (χ3v) is 4.92. The SMILES string of the molecule is CC(CCc1ccco1)NCc1ccc(Br)c(Br)c1. The first-order chi connectivity index (χ1) is 9.15. The zero-order chi connectivity index (χ0) is 13.7. The van der Waals surface area contributed by atoms with Crippen LogP contribution in [0.25, 0.3) is 0 Å². The number of benzene rings is 1. The van der Waals surface area contributed by atoms with Gasteiger partial charge in [-0.25, -0.2) is 0 Å². The zero-order valence-corrected chi connectivity index (χ0v) is 14.0. The first-order valence-corrected chi connectivity index (χ1v) is 7.93. The topological polar surface area (TPSA) is 25.2 Å². The van der Waals surface area contributed by atoms with Crippen molar-refractivity contribution in [2.24, 2.45) is 0 Å². The van der Waals surface area contributed by atoms with Gasteiger partial charge in [0, 0.05) is 28.0 Å². The standard InChI is InChI=1S/C15H17Br2NO/c1-11(4-6-13-3-2-8-19-13)18-10-12-5-7-14(16)15(17)9-12/h2-3,5,7-9,11,18H,4,6,10H2,1H3. The maximum atomic E-state index is 5.34. The van der Waals surface area contributed by atoms with Crippen LogP contribution in [0.1, 0.15) is 24.7 Å². The van der Waals surface area contributed by atoms with Crippen molar-refractivity contribution in [3.8, 4) is 0 Å². The monoisotopic (exact) mass is 385 g/mol. The molecule has 4 heteroatoms. The van der Waals surface area contributed by atoms with E-state index in [9.17, 15) is 0 Å². The average molecular weight is 387 g/mol. The summed E-state index contributed by atoms with van der Waals surface area (Å²) in [6.45, 7) is 3.09. The van der Waals surface area contributed by atoms with Crippen molar-refractivity contribution in [3.63, 3.8) is 0 Å². The highest BCUT2D eigenvalue weighted by atomic mass is 79.9. The molecule has 19 heavy (non-hydrogen) atoms. The molecule has 0 aliphatic heterocycles. The van der Waals surface area contributed by atoms with Gasteiger partial charge >= 0.3 is 0 Å². The highest BCUT2D eigenvalue weighted by Gasteiger charge is 2.05. The van der Waals surface area contributed by atoms with Crippen molar-refractivity contribution >= 4 is 31.9 Å². The van der Waals surface area contributed by atoms with Gasteiger partial charge in [-0.1, -0.05) is 6.07 Å². The Kier molecular flexibility index (Phi) is 5.67. The van der Waals surface area contributed by atoms with Crippen molar-refractivity contribution in [1.29, 1.82) is 0 Å². The summed E-state index contributed by atoms with van der Waals surface area (Å²) in [7, 11) is 0. The Labute approximate surface area is 130 Å². The summed E-state index contributed by atoms with van der Waals surface area (Å²) >= 11 is 7.00. The maximum Gasteiger partial charge on any atom is 0.103 e. The lowest BCUT2D eigenvalue weighted by Crippen LogP contribution is -2.25. The number of halogens is 2. The van der Waals surface area contributed by atoms with Crippen molar-refractivity contribution in [3.05, 3.63) is 56.9 Å². The average Bonchev–Trinajstić information content (AvgIpc) is 2.91. The summed E-state index contributed by atoms with van der Waals surface area (Å²) in [6.07, 6.45) is 3.78. The summed E-state index contributed by atoms with van der Waals surface area (Å²) in [5.41, 5.74) is 1.28. The number of hydrogen-bond donors (Lipinski definition) is 1. The molecule has 1 atom stereocenters. The minimum atomic E-state index is 0.465. The molecule has 0 aliphatic carbocycles. The van der Waals surface area contributed by atoms with E-state index in [2.05, 4.69) is 62.3 Å². The molecule has 2 nitrogen and oxygen atoms in total. The molecule has 1 N–H and O–H groups in total. The van der Waals surface area contributed by atoms with Crippen molar-refractivity contribution in [1.82, 2.24) is 5.32 Å². The van der Waals surface area contributed by atoms with Crippen LogP contribution in [0, 0.1) is 0 Å². The second-order valence-corrected chi connectivity index (χ2v) is 6.36. The lowest BCUT2D eigenvalue weighted by Gasteiger charge is -2.13. The Morgan fingerprint density at radius 3 is 2.74 bits per heavy atom. The van der Waals surface area contributed by atoms with Crippen LogP contribution in [-0.4, -0.2) is 6.04 Å². The maximum absolute atomic E-state index is 5.34. The molecular weight excluding hydrogens is 370 g/mol. The van der Waals surface area contributed by atoms with Gasteiger partial charge in [0.05, 0.1) is 6.26 Å². The van der Waals surface area contributed by atoms with Gasteiger partial charge in [0.15, 0.2) is 0 Å². The van der Waals surface area contributed by atoms with Crippen LogP contribution in [0.15, 0.2) is 50.0 Å². The molecule has 1 aromatic heterocycles. The summed E-state index contributed by atoms with van der Waals surface area (Å²) in [5.74, 6) is 1.06. The molecule has 2 aromatic rings. The molecule has 0 radical (unpaired) electrons. The lowest BCUT2D eigenvalue weighted by molar-refractivity contribution is 0.460. The van der Waals surface area contributed by atoms with Crippen LogP contribution in [0.5, 0.6) is 0 Å². The third-order valence-electron chi connectivity index (χ3n) is 3.04. The van der Waals surface area contributed by atoms with Gasteiger partial charge in [-0.3, -0.25) is 0 Å². The van der Waals surface area contributed by atoms with Crippen LogP contribution >= 0.6 is 31.9 Å². The highest BCUT2D eigenvalue weighted by Crippen LogP contribution is 2.23. The Bertz CT molecular complexity index is 511. The Balaban J connectivity index is 1.76. The summed E-state index contributed by atoms with van der Waals surface area (Å²) in [4.78, 5) is 0. The molecule has 1 heterocycles. The molecule has 0 amide bonds. The van der Waals surface area contributed by atoms with Crippen molar-refractivity contribution in [2.45, 2.75) is 32.4 Å². The van der Waals surface area contributed by atoms with Gasteiger partial charge in [0.1, 0.15) is 5.76 Å².